The maximum Gasteiger partial charge on any atom is 0.274 e. The quantitative estimate of drug-likeness (QED) is 0.724. The third kappa shape index (κ3) is 4.68. The highest BCUT2D eigenvalue weighted by Crippen LogP contribution is 2.16. The van der Waals surface area contributed by atoms with Crippen molar-refractivity contribution in [1.29, 1.82) is 0 Å². The monoisotopic (exact) mass is 391 g/mol. The maximum atomic E-state index is 13.0. The summed E-state index contributed by atoms with van der Waals surface area (Å²) in [5.41, 5.74) is 2.45. The standard InChI is InChI=1S/C22H22FN5O/c23-18-8-6-17(7-9-18)14-25-21-16-24-20(15-26-21)22(29)28-12-10-27(11-13-28)19-4-2-1-3-5-19/h1-9,15-16H,10-14H2,(H,25,26). The third-order valence-electron chi connectivity index (χ3n) is 4.95. The number of halogens is 1. The third-order valence-corrected chi connectivity index (χ3v) is 4.95. The minimum Gasteiger partial charge on any atom is -0.368 e. The summed E-state index contributed by atoms with van der Waals surface area (Å²) in [5, 5.41) is 3.12. The molecule has 0 aliphatic carbocycles. The molecule has 0 saturated carbocycles. The lowest BCUT2D eigenvalue weighted by atomic mass is 10.2. The zero-order chi connectivity index (χ0) is 20.1. The molecule has 1 aromatic heterocycles. The van der Waals surface area contributed by atoms with Gasteiger partial charge >= 0.3 is 0 Å². The first-order chi connectivity index (χ1) is 14.2. The summed E-state index contributed by atoms with van der Waals surface area (Å²) in [6.45, 7) is 3.39. The van der Waals surface area contributed by atoms with Crippen LogP contribution in [0.15, 0.2) is 67.0 Å². The molecule has 1 fully saturated rings. The molecule has 0 unspecified atom stereocenters. The van der Waals surface area contributed by atoms with Crippen LogP contribution in [0.5, 0.6) is 0 Å². The molecule has 3 aromatic rings. The second-order valence-electron chi connectivity index (χ2n) is 6.88. The van der Waals surface area contributed by atoms with Gasteiger partial charge in [0.25, 0.3) is 5.91 Å². The Morgan fingerprint density at radius 1 is 0.931 bits per heavy atom. The number of aromatic nitrogens is 2. The number of carbonyl (C=O) groups excluding carboxylic acids is 1. The van der Waals surface area contributed by atoms with Crippen LogP contribution < -0.4 is 10.2 Å². The van der Waals surface area contributed by atoms with Gasteiger partial charge in [-0.25, -0.2) is 14.4 Å². The number of anilines is 2. The van der Waals surface area contributed by atoms with Crippen molar-refractivity contribution < 1.29 is 9.18 Å². The number of hydrogen-bond acceptors (Lipinski definition) is 5. The SMILES string of the molecule is O=C(c1cnc(NCc2ccc(F)cc2)cn1)N1CCN(c2ccccc2)CC1. The summed E-state index contributed by atoms with van der Waals surface area (Å²) >= 11 is 0. The summed E-state index contributed by atoms with van der Waals surface area (Å²) < 4.78 is 13.0. The van der Waals surface area contributed by atoms with Gasteiger partial charge in [-0.3, -0.25) is 4.79 Å². The number of hydrogen-bond donors (Lipinski definition) is 1. The van der Waals surface area contributed by atoms with Gasteiger partial charge in [0.2, 0.25) is 0 Å². The lowest BCUT2D eigenvalue weighted by Gasteiger charge is -2.35. The van der Waals surface area contributed by atoms with Crippen LogP contribution in [0.1, 0.15) is 16.1 Å². The van der Waals surface area contributed by atoms with Crippen molar-refractivity contribution in [2.75, 3.05) is 36.4 Å². The van der Waals surface area contributed by atoms with Crippen molar-refractivity contribution in [3.05, 3.63) is 84.1 Å². The topological polar surface area (TPSA) is 61.4 Å². The Labute approximate surface area is 169 Å². The number of para-hydroxylation sites is 1. The summed E-state index contributed by atoms with van der Waals surface area (Å²) in [6, 6.07) is 16.5. The van der Waals surface area contributed by atoms with Gasteiger partial charge in [-0.15, -0.1) is 0 Å². The maximum absolute atomic E-state index is 13.0. The van der Waals surface area contributed by atoms with Gasteiger partial charge in [0.1, 0.15) is 17.3 Å². The van der Waals surface area contributed by atoms with Crippen molar-refractivity contribution in [2.24, 2.45) is 0 Å². The Bertz CT molecular complexity index is 939. The van der Waals surface area contributed by atoms with Gasteiger partial charge in [-0.2, -0.15) is 0 Å². The van der Waals surface area contributed by atoms with Crippen LogP contribution in [0.4, 0.5) is 15.9 Å². The van der Waals surface area contributed by atoms with E-state index in [4.69, 9.17) is 0 Å². The number of nitrogens with one attached hydrogen (secondary N) is 1. The molecule has 29 heavy (non-hydrogen) atoms. The number of piperazine rings is 1. The number of nitrogens with zero attached hydrogens (tertiary/aromatic N) is 4. The predicted octanol–water partition coefficient (Wildman–Crippen LogP) is 3.19. The van der Waals surface area contributed by atoms with E-state index >= 15 is 0 Å². The second-order valence-corrected chi connectivity index (χ2v) is 6.88. The van der Waals surface area contributed by atoms with E-state index in [-0.39, 0.29) is 11.7 Å². The predicted molar refractivity (Wildman–Crippen MR) is 110 cm³/mol. The first-order valence-electron chi connectivity index (χ1n) is 9.59. The van der Waals surface area contributed by atoms with Crippen molar-refractivity contribution in [1.82, 2.24) is 14.9 Å². The highest BCUT2D eigenvalue weighted by atomic mass is 19.1. The van der Waals surface area contributed by atoms with Gasteiger partial charge < -0.3 is 15.1 Å². The Morgan fingerprint density at radius 2 is 1.66 bits per heavy atom. The number of amides is 1. The van der Waals surface area contributed by atoms with Gasteiger partial charge in [0.05, 0.1) is 12.4 Å². The largest absolute Gasteiger partial charge is 0.368 e. The van der Waals surface area contributed by atoms with E-state index in [0.717, 1.165) is 18.7 Å². The van der Waals surface area contributed by atoms with Crippen molar-refractivity contribution in [2.45, 2.75) is 6.54 Å². The highest BCUT2D eigenvalue weighted by Gasteiger charge is 2.23. The van der Waals surface area contributed by atoms with Crippen LogP contribution in [0.25, 0.3) is 0 Å². The lowest BCUT2D eigenvalue weighted by molar-refractivity contribution is 0.0740. The van der Waals surface area contributed by atoms with Gasteiger partial charge in [0.15, 0.2) is 0 Å². The fourth-order valence-electron chi connectivity index (χ4n) is 3.29. The molecule has 1 amide bonds. The van der Waals surface area contributed by atoms with Crippen molar-refractivity contribution in [3.8, 4) is 0 Å². The highest BCUT2D eigenvalue weighted by molar-refractivity contribution is 5.92. The van der Waals surface area contributed by atoms with E-state index in [1.54, 1.807) is 18.3 Å². The van der Waals surface area contributed by atoms with Crippen LogP contribution in [-0.4, -0.2) is 47.0 Å². The van der Waals surface area contributed by atoms with Crippen LogP contribution in [-0.2, 0) is 6.54 Å². The van der Waals surface area contributed by atoms with Crippen molar-refractivity contribution >= 4 is 17.4 Å². The molecule has 1 N–H and O–H groups in total. The van der Waals surface area contributed by atoms with E-state index in [2.05, 4.69) is 32.3 Å². The molecule has 0 bridgehead atoms. The normalized spacial score (nSPS) is 14.0. The van der Waals surface area contributed by atoms with Crippen LogP contribution in [0.3, 0.4) is 0 Å². The van der Waals surface area contributed by atoms with Gasteiger partial charge in [-0.1, -0.05) is 30.3 Å². The molecule has 1 aliphatic rings. The zero-order valence-corrected chi connectivity index (χ0v) is 16.0. The molecular weight excluding hydrogens is 369 g/mol. The Balaban J connectivity index is 1.31. The van der Waals surface area contributed by atoms with E-state index in [1.807, 2.05) is 23.1 Å². The Kier molecular flexibility index (Phi) is 5.65. The molecule has 0 atom stereocenters. The van der Waals surface area contributed by atoms with Crippen molar-refractivity contribution in [3.63, 3.8) is 0 Å². The summed E-state index contributed by atoms with van der Waals surface area (Å²) in [4.78, 5) is 25.4. The lowest BCUT2D eigenvalue weighted by Crippen LogP contribution is -2.49. The molecule has 1 saturated heterocycles. The summed E-state index contributed by atoms with van der Waals surface area (Å²) in [6.07, 6.45) is 3.05. The van der Waals surface area contributed by atoms with Gasteiger partial charge in [-0.05, 0) is 29.8 Å². The molecule has 4 rings (SSSR count). The van der Waals surface area contributed by atoms with E-state index in [1.165, 1.54) is 24.0 Å². The number of benzene rings is 2. The summed E-state index contributed by atoms with van der Waals surface area (Å²) in [5.74, 6) is 0.205. The fourth-order valence-corrected chi connectivity index (χ4v) is 3.29. The van der Waals surface area contributed by atoms with E-state index in [0.29, 0.717) is 31.1 Å². The molecule has 1 aliphatic heterocycles. The van der Waals surface area contributed by atoms with Crippen LogP contribution >= 0.6 is 0 Å². The summed E-state index contributed by atoms with van der Waals surface area (Å²) in [7, 11) is 0. The molecule has 2 heterocycles. The van der Waals surface area contributed by atoms with Crippen LogP contribution in [0.2, 0.25) is 0 Å². The minimum absolute atomic E-state index is 0.102. The number of rotatable bonds is 5. The first-order valence-corrected chi connectivity index (χ1v) is 9.59. The average molecular weight is 391 g/mol. The van der Waals surface area contributed by atoms with E-state index in [9.17, 15) is 9.18 Å². The molecular formula is C22H22FN5O. The van der Waals surface area contributed by atoms with Crippen LogP contribution in [0, 0.1) is 5.82 Å². The molecule has 0 spiro atoms. The smallest absolute Gasteiger partial charge is 0.274 e. The second kappa shape index (κ2) is 8.68. The molecule has 0 radical (unpaired) electrons. The molecule has 6 nitrogen and oxygen atoms in total. The average Bonchev–Trinajstić information content (AvgIpc) is 2.79. The molecule has 2 aromatic carbocycles. The zero-order valence-electron chi connectivity index (χ0n) is 16.0. The first kappa shape index (κ1) is 18.9. The molecule has 148 valence electrons. The Morgan fingerprint density at radius 3 is 2.31 bits per heavy atom. The minimum atomic E-state index is -0.263. The Hall–Kier alpha value is -3.48. The number of carbonyl (C=O) groups is 1. The van der Waals surface area contributed by atoms with E-state index < -0.39 is 0 Å². The fraction of sp³-hybridized carbons (Fsp3) is 0.227. The van der Waals surface area contributed by atoms with Gasteiger partial charge in [0, 0.05) is 38.4 Å². The molecule has 7 heteroatoms.